The molecule has 2 aromatic rings. The van der Waals surface area contributed by atoms with Gasteiger partial charge < -0.3 is 10.6 Å². The van der Waals surface area contributed by atoms with Gasteiger partial charge in [-0.05, 0) is 24.1 Å². The zero-order valence-electron chi connectivity index (χ0n) is 14.1. The maximum absolute atomic E-state index is 12.8. The molecule has 0 unspecified atom stereocenters. The average Bonchev–Trinajstić information content (AvgIpc) is 2.99. The lowest BCUT2D eigenvalue weighted by atomic mass is 10.0. The van der Waals surface area contributed by atoms with Crippen LogP contribution >= 0.6 is 0 Å². The first-order valence-corrected chi connectivity index (χ1v) is 10.2. The van der Waals surface area contributed by atoms with E-state index in [2.05, 4.69) is 10.6 Å². The van der Waals surface area contributed by atoms with E-state index in [0.717, 1.165) is 0 Å². The Bertz CT molecular complexity index is 882. The molecule has 0 saturated carbocycles. The summed E-state index contributed by atoms with van der Waals surface area (Å²) in [5.41, 5.74) is 1.08. The minimum absolute atomic E-state index is 0.0626. The summed E-state index contributed by atoms with van der Waals surface area (Å²) >= 11 is 0. The highest BCUT2D eigenvalue weighted by molar-refractivity contribution is 7.91. The molecule has 3 rings (SSSR count). The fourth-order valence-corrected chi connectivity index (χ4v) is 4.62. The Morgan fingerprint density at radius 1 is 0.962 bits per heavy atom. The summed E-state index contributed by atoms with van der Waals surface area (Å²) in [4.78, 5) is 25.2. The summed E-state index contributed by atoms with van der Waals surface area (Å²) < 4.78 is 23.2. The van der Waals surface area contributed by atoms with Crippen molar-refractivity contribution in [3.8, 4) is 0 Å². The fraction of sp³-hybridized carbons (Fsp3) is 0.263. The lowest BCUT2D eigenvalue weighted by Crippen LogP contribution is -2.44. The molecule has 1 heterocycles. The molecule has 1 aliphatic rings. The summed E-state index contributed by atoms with van der Waals surface area (Å²) in [5.74, 6) is -0.770. The predicted octanol–water partition coefficient (Wildman–Crippen LogP) is 1.46. The lowest BCUT2D eigenvalue weighted by Gasteiger charge is -2.21. The molecule has 1 fully saturated rings. The molecule has 136 valence electrons. The number of nitrogens with one attached hydrogen (secondary N) is 2. The number of rotatable bonds is 5. The molecule has 26 heavy (non-hydrogen) atoms. The van der Waals surface area contributed by atoms with Crippen LogP contribution in [-0.2, 0) is 14.6 Å². The first kappa shape index (κ1) is 18.1. The quantitative estimate of drug-likeness (QED) is 0.831. The summed E-state index contributed by atoms with van der Waals surface area (Å²) in [6, 6.07) is 16.2. The van der Waals surface area contributed by atoms with Crippen molar-refractivity contribution in [2.24, 2.45) is 0 Å². The number of hydrogen-bond acceptors (Lipinski definition) is 4. The highest BCUT2D eigenvalue weighted by Gasteiger charge is 2.32. The third-order valence-electron chi connectivity index (χ3n) is 4.29. The second-order valence-electron chi connectivity index (χ2n) is 6.29. The normalized spacial score (nSPS) is 19.5. The minimum Gasteiger partial charge on any atom is -0.350 e. The van der Waals surface area contributed by atoms with Crippen LogP contribution in [0.3, 0.4) is 0 Å². The van der Waals surface area contributed by atoms with E-state index in [1.807, 2.05) is 6.07 Å². The Morgan fingerprint density at radius 3 is 2.15 bits per heavy atom. The van der Waals surface area contributed by atoms with Crippen LogP contribution in [0.4, 0.5) is 0 Å². The average molecular weight is 372 g/mol. The van der Waals surface area contributed by atoms with Crippen LogP contribution in [0, 0.1) is 0 Å². The van der Waals surface area contributed by atoms with E-state index < -0.39 is 27.8 Å². The molecular formula is C19H20N2O4S. The molecule has 0 aliphatic carbocycles. The molecule has 0 bridgehead atoms. The van der Waals surface area contributed by atoms with Crippen molar-refractivity contribution in [3.63, 3.8) is 0 Å². The number of amides is 2. The lowest BCUT2D eigenvalue weighted by molar-refractivity contribution is -0.123. The number of benzene rings is 2. The summed E-state index contributed by atoms with van der Waals surface area (Å²) in [6.07, 6.45) is 0.391. The maximum Gasteiger partial charge on any atom is 0.252 e. The van der Waals surface area contributed by atoms with Crippen LogP contribution in [0.15, 0.2) is 60.7 Å². The minimum atomic E-state index is -3.10. The molecule has 1 saturated heterocycles. The van der Waals surface area contributed by atoms with Crippen molar-refractivity contribution >= 4 is 21.7 Å². The molecule has 0 aromatic heterocycles. The molecule has 7 heteroatoms. The molecule has 6 nitrogen and oxygen atoms in total. The highest BCUT2D eigenvalue weighted by Crippen LogP contribution is 2.17. The fourth-order valence-electron chi connectivity index (χ4n) is 2.94. The number of sulfone groups is 1. The molecule has 0 radical (unpaired) electrons. The van der Waals surface area contributed by atoms with Crippen LogP contribution in [0.2, 0.25) is 0 Å². The summed E-state index contributed by atoms with van der Waals surface area (Å²) in [5, 5.41) is 5.50. The smallest absolute Gasteiger partial charge is 0.252 e. The van der Waals surface area contributed by atoms with E-state index in [9.17, 15) is 18.0 Å². The van der Waals surface area contributed by atoms with Crippen molar-refractivity contribution in [1.82, 2.24) is 10.6 Å². The monoisotopic (exact) mass is 372 g/mol. The van der Waals surface area contributed by atoms with Crippen molar-refractivity contribution in [1.29, 1.82) is 0 Å². The summed E-state index contributed by atoms with van der Waals surface area (Å²) in [6.45, 7) is 0. The number of hydrogen-bond donors (Lipinski definition) is 2. The Morgan fingerprint density at radius 2 is 1.58 bits per heavy atom. The molecule has 1 aliphatic heterocycles. The van der Waals surface area contributed by atoms with Crippen molar-refractivity contribution < 1.29 is 18.0 Å². The Labute approximate surface area is 152 Å². The van der Waals surface area contributed by atoms with Crippen LogP contribution < -0.4 is 10.6 Å². The van der Waals surface area contributed by atoms with Gasteiger partial charge >= 0.3 is 0 Å². The molecule has 2 atom stereocenters. The number of carbonyl (C=O) groups is 2. The highest BCUT2D eigenvalue weighted by atomic mass is 32.2. The predicted molar refractivity (Wildman–Crippen MR) is 98.3 cm³/mol. The van der Waals surface area contributed by atoms with Gasteiger partial charge in [-0.1, -0.05) is 48.5 Å². The molecular weight excluding hydrogens is 352 g/mol. The molecule has 2 aromatic carbocycles. The topological polar surface area (TPSA) is 92.3 Å². The van der Waals surface area contributed by atoms with Crippen molar-refractivity contribution in [3.05, 3.63) is 71.8 Å². The maximum atomic E-state index is 12.8. The van der Waals surface area contributed by atoms with Crippen LogP contribution in [0.5, 0.6) is 0 Å². The second-order valence-corrected chi connectivity index (χ2v) is 8.52. The van der Waals surface area contributed by atoms with Gasteiger partial charge in [0.15, 0.2) is 9.84 Å². The van der Waals surface area contributed by atoms with Gasteiger partial charge in [0.1, 0.15) is 6.04 Å². The van der Waals surface area contributed by atoms with Gasteiger partial charge in [-0.3, -0.25) is 9.59 Å². The van der Waals surface area contributed by atoms with E-state index >= 15 is 0 Å². The Hall–Kier alpha value is -2.67. The van der Waals surface area contributed by atoms with Crippen LogP contribution in [-0.4, -0.2) is 37.8 Å². The van der Waals surface area contributed by atoms with Gasteiger partial charge in [-0.15, -0.1) is 0 Å². The van der Waals surface area contributed by atoms with E-state index in [0.29, 0.717) is 17.5 Å². The van der Waals surface area contributed by atoms with Gasteiger partial charge in [0, 0.05) is 11.6 Å². The van der Waals surface area contributed by atoms with E-state index in [1.54, 1.807) is 54.6 Å². The molecule has 2 N–H and O–H groups in total. The van der Waals surface area contributed by atoms with Gasteiger partial charge in [-0.2, -0.15) is 0 Å². The first-order chi connectivity index (χ1) is 12.4. The second kappa shape index (κ2) is 7.70. The number of carbonyl (C=O) groups excluding carboxylic acids is 2. The van der Waals surface area contributed by atoms with E-state index in [1.165, 1.54) is 0 Å². The van der Waals surface area contributed by atoms with Crippen molar-refractivity contribution in [2.45, 2.75) is 18.5 Å². The SMILES string of the molecule is O=C(N[C@@H](C(=O)N[C@@H]1CCS(=O)(=O)C1)c1ccccc1)c1ccccc1. The first-order valence-electron chi connectivity index (χ1n) is 8.36. The van der Waals surface area contributed by atoms with Gasteiger partial charge in [0.2, 0.25) is 5.91 Å². The van der Waals surface area contributed by atoms with Crippen molar-refractivity contribution in [2.75, 3.05) is 11.5 Å². The largest absolute Gasteiger partial charge is 0.350 e. The standard InChI is InChI=1S/C19H20N2O4S/c22-18(15-9-5-2-6-10-15)21-17(14-7-3-1-4-8-14)19(23)20-16-11-12-26(24,25)13-16/h1-10,16-17H,11-13H2,(H,20,23)(H,21,22)/t16-,17-/m1/s1. The Balaban J connectivity index is 1.77. The zero-order chi connectivity index (χ0) is 18.6. The van der Waals surface area contributed by atoms with Crippen LogP contribution in [0.1, 0.15) is 28.4 Å². The van der Waals surface area contributed by atoms with E-state index in [-0.39, 0.29) is 17.4 Å². The van der Waals surface area contributed by atoms with Crippen LogP contribution in [0.25, 0.3) is 0 Å². The molecule has 0 spiro atoms. The molecule has 2 amide bonds. The van der Waals surface area contributed by atoms with E-state index in [4.69, 9.17) is 0 Å². The summed E-state index contributed by atoms with van der Waals surface area (Å²) in [7, 11) is -3.10. The van der Waals surface area contributed by atoms with Gasteiger partial charge in [0.05, 0.1) is 11.5 Å². The van der Waals surface area contributed by atoms with Gasteiger partial charge in [0.25, 0.3) is 5.91 Å². The third kappa shape index (κ3) is 4.49. The zero-order valence-corrected chi connectivity index (χ0v) is 14.9. The third-order valence-corrected chi connectivity index (χ3v) is 6.05. The Kier molecular flexibility index (Phi) is 5.37. The van der Waals surface area contributed by atoms with Gasteiger partial charge in [-0.25, -0.2) is 8.42 Å².